The first-order valence-corrected chi connectivity index (χ1v) is 8.89. The van der Waals surface area contributed by atoms with Crippen molar-refractivity contribution in [3.8, 4) is 5.75 Å². The summed E-state index contributed by atoms with van der Waals surface area (Å²) in [4.78, 5) is 28.7. The lowest BCUT2D eigenvalue weighted by molar-refractivity contribution is 0.0991. The normalized spacial score (nSPS) is 14.4. The second kappa shape index (κ2) is 7.99. The van der Waals surface area contributed by atoms with E-state index < -0.39 is 11.5 Å². The molecule has 0 bridgehead atoms. The summed E-state index contributed by atoms with van der Waals surface area (Å²) in [7, 11) is 1.37. The summed E-state index contributed by atoms with van der Waals surface area (Å²) < 4.78 is 10.1. The predicted molar refractivity (Wildman–Crippen MR) is 102 cm³/mol. The average molecular weight is 390 g/mol. The van der Waals surface area contributed by atoms with Gasteiger partial charge in [0.15, 0.2) is 5.76 Å². The summed E-state index contributed by atoms with van der Waals surface area (Å²) in [6.07, 6.45) is 4.97. The van der Waals surface area contributed by atoms with Crippen LogP contribution in [-0.2, 0) is 0 Å². The van der Waals surface area contributed by atoms with Crippen molar-refractivity contribution in [2.45, 2.75) is 25.8 Å². The molecule has 2 aromatic heterocycles. The van der Waals surface area contributed by atoms with Gasteiger partial charge in [-0.2, -0.15) is 0 Å². The van der Waals surface area contributed by atoms with Gasteiger partial charge in [0.2, 0.25) is 16.0 Å². The molecule has 10 nitrogen and oxygen atoms in total. The molecule has 2 heterocycles. The van der Waals surface area contributed by atoms with Crippen LogP contribution in [0.15, 0.2) is 32.5 Å². The second-order valence-corrected chi connectivity index (χ2v) is 6.68. The highest BCUT2D eigenvalue weighted by atomic mass is 32.1. The molecule has 2 aromatic rings. The molecule has 142 valence electrons. The van der Waals surface area contributed by atoms with Crippen LogP contribution in [0.4, 0.5) is 16.0 Å². The summed E-state index contributed by atoms with van der Waals surface area (Å²) in [5, 5.41) is 14.0. The molecule has 1 saturated carbocycles. The van der Waals surface area contributed by atoms with Gasteiger partial charge in [-0.3, -0.25) is 10.1 Å². The van der Waals surface area contributed by atoms with E-state index in [0.29, 0.717) is 16.5 Å². The van der Waals surface area contributed by atoms with Gasteiger partial charge in [-0.1, -0.05) is 11.3 Å². The maximum absolute atomic E-state index is 12.4. The summed E-state index contributed by atoms with van der Waals surface area (Å²) >= 11 is 1.07. The lowest BCUT2D eigenvalue weighted by Crippen LogP contribution is -2.17. The highest BCUT2D eigenvalue weighted by Crippen LogP contribution is 2.30. The van der Waals surface area contributed by atoms with Gasteiger partial charge in [-0.15, -0.1) is 10.2 Å². The van der Waals surface area contributed by atoms with Gasteiger partial charge in [0.05, 0.1) is 12.8 Å². The molecule has 1 amide bonds. The van der Waals surface area contributed by atoms with E-state index in [2.05, 4.69) is 25.8 Å². The van der Waals surface area contributed by atoms with Gasteiger partial charge in [0, 0.05) is 17.8 Å². The average Bonchev–Trinajstić information content (AvgIpc) is 3.33. The number of hydrogen-bond donors (Lipinski definition) is 3. The van der Waals surface area contributed by atoms with Crippen LogP contribution in [0.25, 0.3) is 0 Å². The summed E-state index contributed by atoms with van der Waals surface area (Å²) in [5.41, 5.74) is 5.63. The number of hydrogen-bond acceptors (Lipinski definition) is 10. The van der Waals surface area contributed by atoms with E-state index in [1.165, 1.54) is 19.4 Å². The maximum Gasteiger partial charge on any atom is 0.381 e. The van der Waals surface area contributed by atoms with Crippen molar-refractivity contribution in [2.75, 3.05) is 17.7 Å². The largest absolute Gasteiger partial charge is 0.488 e. The first kappa shape index (κ1) is 18.6. The van der Waals surface area contributed by atoms with Crippen molar-refractivity contribution >= 4 is 38.9 Å². The number of nitrogens with one attached hydrogen (secondary N) is 2. The summed E-state index contributed by atoms with van der Waals surface area (Å²) in [6, 6.07) is 1.70. The fourth-order valence-electron chi connectivity index (χ4n) is 2.14. The number of anilines is 2. The van der Waals surface area contributed by atoms with Crippen molar-refractivity contribution in [1.82, 2.24) is 10.2 Å². The number of methoxy groups -OCH3 is 1. The fraction of sp³-hybridized carbons (Fsp3) is 0.312. The fourth-order valence-corrected chi connectivity index (χ4v) is 2.81. The van der Waals surface area contributed by atoms with Gasteiger partial charge in [-0.05, 0) is 32.0 Å². The molecule has 11 heteroatoms. The minimum atomic E-state index is -0.736. The Morgan fingerprint density at radius 3 is 2.93 bits per heavy atom. The van der Waals surface area contributed by atoms with Crippen molar-refractivity contribution in [3.63, 3.8) is 0 Å². The number of aliphatic imine (C=N–C) groups is 1. The predicted octanol–water partition coefficient (Wildman–Crippen LogP) is 1.89. The Morgan fingerprint density at radius 1 is 1.48 bits per heavy atom. The molecule has 0 radical (unpaired) electrons. The van der Waals surface area contributed by atoms with Crippen molar-refractivity contribution in [2.24, 2.45) is 10.7 Å². The summed E-state index contributed by atoms with van der Waals surface area (Å²) in [6.45, 7) is 1.75. The highest BCUT2D eigenvalue weighted by Gasteiger charge is 2.25. The Bertz CT molecular complexity index is 960. The zero-order valence-electron chi connectivity index (χ0n) is 14.7. The van der Waals surface area contributed by atoms with Crippen LogP contribution in [-0.4, -0.2) is 35.0 Å². The first-order chi connectivity index (χ1) is 13.0. The zero-order valence-corrected chi connectivity index (χ0v) is 15.5. The van der Waals surface area contributed by atoms with Crippen LogP contribution in [0.1, 0.15) is 30.3 Å². The molecule has 27 heavy (non-hydrogen) atoms. The van der Waals surface area contributed by atoms with E-state index in [1.54, 1.807) is 13.0 Å². The van der Waals surface area contributed by atoms with E-state index in [1.807, 2.05) is 0 Å². The molecule has 0 aromatic carbocycles. The van der Waals surface area contributed by atoms with Gasteiger partial charge in [0.25, 0.3) is 5.91 Å². The van der Waals surface area contributed by atoms with Gasteiger partial charge in [0.1, 0.15) is 0 Å². The van der Waals surface area contributed by atoms with Gasteiger partial charge in [-0.25, -0.2) is 9.79 Å². The third-order valence-corrected chi connectivity index (χ3v) is 4.25. The van der Waals surface area contributed by atoms with Crippen LogP contribution >= 0.6 is 11.3 Å². The van der Waals surface area contributed by atoms with Crippen LogP contribution in [0.3, 0.4) is 0 Å². The Balaban J connectivity index is 1.78. The Kier molecular flexibility index (Phi) is 5.50. The number of ether oxygens (including phenoxy) is 1. The molecular formula is C16H18N6O4S. The number of nitrogens with zero attached hydrogens (tertiary/aromatic N) is 3. The lowest BCUT2D eigenvalue weighted by Gasteiger charge is -2.10. The molecule has 0 aliphatic heterocycles. The highest BCUT2D eigenvalue weighted by molar-refractivity contribution is 7.18. The molecule has 0 spiro atoms. The number of allylic oxidation sites excluding steroid dienone is 1. The minimum Gasteiger partial charge on any atom is -0.488 e. The van der Waals surface area contributed by atoms with Crippen LogP contribution in [0.2, 0.25) is 0 Å². The van der Waals surface area contributed by atoms with E-state index in [-0.39, 0.29) is 22.7 Å². The molecule has 0 atom stereocenters. The Hall–Kier alpha value is -3.21. The van der Waals surface area contributed by atoms with E-state index in [9.17, 15) is 9.59 Å². The molecule has 0 unspecified atom stereocenters. The van der Waals surface area contributed by atoms with Crippen LogP contribution in [0.5, 0.6) is 5.75 Å². The van der Waals surface area contributed by atoms with Crippen LogP contribution in [0, 0.1) is 0 Å². The standard InChI is InChI=1S/C16H18N6O4S/c1-8(5-6-17)18-15-21-22-16(27-15)20-13(23)11-7-10(19-9-3-4-9)12(25-2)14(24)26-11/h5-7,9,19H,3-4,17H2,1-2H3,(H,20,22,23)/b6-5-,18-8+. The molecule has 1 aliphatic carbocycles. The SMILES string of the molecule is COc1c(NC2CC2)cc(C(=O)Nc2nnc(/N=C(C)/C=C\N)s2)oc1=O. The Morgan fingerprint density at radius 2 is 2.26 bits per heavy atom. The molecule has 1 fully saturated rings. The van der Waals surface area contributed by atoms with Crippen LogP contribution < -0.4 is 26.7 Å². The van der Waals surface area contributed by atoms with Gasteiger partial charge < -0.3 is 20.2 Å². The van der Waals surface area contributed by atoms with E-state index in [0.717, 1.165) is 24.2 Å². The number of carbonyl (C=O) groups is 1. The van der Waals surface area contributed by atoms with Crippen molar-refractivity contribution < 1.29 is 13.9 Å². The van der Waals surface area contributed by atoms with Gasteiger partial charge >= 0.3 is 5.63 Å². The quantitative estimate of drug-likeness (QED) is 0.608. The molecule has 4 N–H and O–H groups in total. The number of carbonyl (C=O) groups excluding carboxylic acids is 1. The second-order valence-electron chi connectivity index (χ2n) is 5.72. The zero-order chi connectivity index (χ0) is 19.4. The number of nitrogens with two attached hydrogens (primary N) is 1. The topological polar surface area (TPSA) is 145 Å². The minimum absolute atomic E-state index is 0.0365. The summed E-state index contributed by atoms with van der Waals surface area (Å²) in [5.74, 6) is -0.750. The number of rotatable bonds is 7. The molecular weight excluding hydrogens is 372 g/mol. The van der Waals surface area contributed by atoms with E-state index in [4.69, 9.17) is 14.9 Å². The monoisotopic (exact) mass is 390 g/mol. The first-order valence-electron chi connectivity index (χ1n) is 8.07. The van der Waals surface area contributed by atoms with Crippen molar-refractivity contribution in [1.29, 1.82) is 0 Å². The Labute approximate surface area is 158 Å². The molecule has 1 aliphatic rings. The molecule has 3 rings (SSSR count). The van der Waals surface area contributed by atoms with E-state index >= 15 is 0 Å². The third-order valence-electron chi connectivity index (χ3n) is 3.52. The number of amides is 1. The van der Waals surface area contributed by atoms with Crippen molar-refractivity contribution in [3.05, 3.63) is 34.5 Å². The molecule has 0 saturated heterocycles. The maximum atomic E-state index is 12.4. The smallest absolute Gasteiger partial charge is 0.381 e. The third kappa shape index (κ3) is 4.70. The number of aromatic nitrogens is 2. The lowest BCUT2D eigenvalue weighted by atomic mass is 10.3.